The van der Waals surface area contributed by atoms with Gasteiger partial charge in [-0.25, -0.2) is 9.78 Å². The summed E-state index contributed by atoms with van der Waals surface area (Å²) < 4.78 is 9.79. The number of anilines is 1. The second-order valence-electron chi connectivity index (χ2n) is 11.2. The predicted molar refractivity (Wildman–Crippen MR) is 180 cm³/mol. The van der Waals surface area contributed by atoms with E-state index in [-0.39, 0.29) is 18.6 Å². The highest BCUT2D eigenvalue weighted by atomic mass is 35.6. The van der Waals surface area contributed by atoms with Crippen LogP contribution in [0.25, 0.3) is 10.9 Å². The number of benzene rings is 3. The molecule has 0 bridgehead atoms. The number of pyridine rings is 1. The van der Waals surface area contributed by atoms with Crippen molar-refractivity contribution >= 4 is 57.6 Å². The monoisotopic (exact) mass is 653 g/mol. The summed E-state index contributed by atoms with van der Waals surface area (Å²) >= 11 is 17.9. The lowest BCUT2D eigenvalue weighted by Gasteiger charge is -2.35. The lowest BCUT2D eigenvalue weighted by Crippen LogP contribution is -2.45. The molecule has 9 heteroatoms. The molecule has 1 unspecified atom stereocenters. The topological polar surface area (TPSA) is 54.9 Å². The van der Waals surface area contributed by atoms with Crippen molar-refractivity contribution in [2.75, 3.05) is 31.2 Å². The lowest BCUT2D eigenvalue weighted by molar-refractivity contribution is 0.141. The number of hydrogen-bond acceptors (Lipinski definition) is 5. The van der Waals surface area contributed by atoms with Crippen molar-refractivity contribution in [1.82, 2.24) is 9.88 Å². The van der Waals surface area contributed by atoms with Gasteiger partial charge in [-0.05, 0) is 55.4 Å². The molecule has 5 rings (SSSR count). The molecule has 1 heterocycles. The summed E-state index contributed by atoms with van der Waals surface area (Å²) in [6.07, 6.45) is 3.42. The number of carbonyl (C=O) groups excluding carboxylic acids is 1. The van der Waals surface area contributed by atoms with Crippen molar-refractivity contribution in [1.29, 1.82) is 0 Å². The van der Waals surface area contributed by atoms with Crippen LogP contribution < -0.4 is 9.64 Å². The van der Waals surface area contributed by atoms with Crippen LogP contribution in [0.1, 0.15) is 37.3 Å². The van der Waals surface area contributed by atoms with Crippen molar-refractivity contribution in [2.24, 2.45) is 5.92 Å². The fourth-order valence-corrected chi connectivity index (χ4v) is 6.23. The van der Waals surface area contributed by atoms with Crippen molar-refractivity contribution in [3.05, 3.63) is 102 Å². The van der Waals surface area contributed by atoms with E-state index in [0.717, 1.165) is 49.7 Å². The first-order valence-corrected chi connectivity index (χ1v) is 16.3. The molecule has 0 aliphatic heterocycles. The van der Waals surface area contributed by atoms with E-state index in [0.29, 0.717) is 24.7 Å². The van der Waals surface area contributed by atoms with Crippen molar-refractivity contribution in [3.8, 4) is 5.75 Å². The van der Waals surface area contributed by atoms with Gasteiger partial charge >= 0.3 is 6.09 Å². The van der Waals surface area contributed by atoms with Gasteiger partial charge in [0.05, 0.1) is 12.1 Å². The molecular formula is C35H38Cl3N3O3. The van der Waals surface area contributed by atoms with Crippen molar-refractivity contribution in [3.63, 3.8) is 0 Å². The third kappa shape index (κ3) is 8.79. The van der Waals surface area contributed by atoms with Gasteiger partial charge in [-0.2, -0.15) is 0 Å². The minimum Gasteiger partial charge on any atom is -0.493 e. The number of halogens is 3. The van der Waals surface area contributed by atoms with E-state index in [1.54, 1.807) is 4.90 Å². The summed E-state index contributed by atoms with van der Waals surface area (Å²) in [4.78, 5) is 22.7. The van der Waals surface area contributed by atoms with E-state index >= 15 is 0 Å². The van der Waals surface area contributed by atoms with Gasteiger partial charge in [0.15, 0.2) is 0 Å². The Morgan fingerprint density at radius 3 is 2.32 bits per heavy atom. The number of fused-ring (bicyclic) bond motifs is 1. The molecule has 0 saturated heterocycles. The lowest BCUT2D eigenvalue weighted by atomic mass is 9.99. The highest BCUT2D eigenvalue weighted by Crippen LogP contribution is 2.35. The first kappa shape index (κ1) is 32.4. The van der Waals surface area contributed by atoms with E-state index in [1.807, 2.05) is 49.4 Å². The molecule has 0 N–H and O–H groups in total. The van der Waals surface area contributed by atoms with Crippen LogP contribution >= 0.6 is 34.8 Å². The van der Waals surface area contributed by atoms with Gasteiger partial charge in [0.2, 0.25) is 3.79 Å². The molecule has 1 saturated carbocycles. The van der Waals surface area contributed by atoms with Gasteiger partial charge in [-0.1, -0.05) is 114 Å². The number of nitrogens with zero attached hydrogens (tertiary/aromatic N) is 3. The predicted octanol–water partition coefficient (Wildman–Crippen LogP) is 8.86. The van der Waals surface area contributed by atoms with E-state index < -0.39 is 9.89 Å². The summed E-state index contributed by atoms with van der Waals surface area (Å²) in [5.74, 6) is 1.29. The van der Waals surface area contributed by atoms with Crippen LogP contribution in [0, 0.1) is 5.92 Å². The summed E-state index contributed by atoms with van der Waals surface area (Å²) in [6, 6.07) is 30.9. The molecule has 0 radical (unpaired) electrons. The molecule has 232 valence electrons. The molecule has 1 aromatic heterocycles. The van der Waals surface area contributed by atoms with E-state index in [4.69, 9.17) is 49.3 Å². The van der Waals surface area contributed by atoms with Crippen LogP contribution in [0.15, 0.2) is 91.0 Å². The third-order valence-electron chi connectivity index (χ3n) is 8.08. The molecule has 1 aliphatic carbocycles. The Bertz CT molecular complexity index is 1500. The highest BCUT2D eigenvalue weighted by molar-refractivity contribution is 6.67. The van der Waals surface area contributed by atoms with Gasteiger partial charge in [-0.15, -0.1) is 0 Å². The Kier molecular flexibility index (Phi) is 11.3. The average molecular weight is 655 g/mol. The Labute approximate surface area is 274 Å². The molecule has 1 aliphatic rings. The largest absolute Gasteiger partial charge is 0.493 e. The maximum atomic E-state index is 13.7. The number of amides is 1. The second kappa shape index (κ2) is 15.3. The summed E-state index contributed by atoms with van der Waals surface area (Å²) in [6.45, 7) is 4.18. The van der Waals surface area contributed by atoms with Crippen molar-refractivity contribution < 1.29 is 14.3 Å². The maximum absolute atomic E-state index is 13.7. The Morgan fingerprint density at radius 1 is 0.932 bits per heavy atom. The number of hydrogen-bond donors (Lipinski definition) is 0. The summed E-state index contributed by atoms with van der Waals surface area (Å²) in [5.41, 5.74) is 3.30. The molecule has 1 amide bonds. The summed E-state index contributed by atoms with van der Waals surface area (Å²) in [7, 11) is 0. The number of carbonyl (C=O) groups is 1. The highest BCUT2D eigenvalue weighted by Gasteiger charge is 2.36. The van der Waals surface area contributed by atoms with Crippen LogP contribution in [0.4, 0.5) is 10.6 Å². The average Bonchev–Trinajstić information content (AvgIpc) is 3.49. The van der Waals surface area contributed by atoms with Gasteiger partial charge in [-0.3, -0.25) is 9.80 Å². The normalized spacial score (nSPS) is 16.8. The van der Waals surface area contributed by atoms with Crippen LogP contribution in [-0.2, 0) is 17.7 Å². The molecule has 4 aromatic rings. The quantitative estimate of drug-likeness (QED) is 0.143. The number of rotatable bonds is 12. The second-order valence-corrected chi connectivity index (χ2v) is 13.7. The number of para-hydroxylation sites is 1. The molecular weight excluding hydrogens is 617 g/mol. The molecule has 6 nitrogen and oxygen atoms in total. The minimum atomic E-state index is -1.73. The Hall–Kier alpha value is -3.03. The first-order valence-electron chi connectivity index (χ1n) is 15.2. The number of aromatic nitrogens is 1. The zero-order valence-electron chi connectivity index (χ0n) is 24.9. The van der Waals surface area contributed by atoms with Gasteiger partial charge < -0.3 is 9.47 Å². The van der Waals surface area contributed by atoms with Gasteiger partial charge in [0.1, 0.15) is 18.2 Å². The van der Waals surface area contributed by atoms with Crippen molar-refractivity contribution in [2.45, 2.75) is 49.0 Å². The first-order chi connectivity index (χ1) is 21.3. The fourth-order valence-electron chi connectivity index (χ4n) is 6.07. The Balaban J connectivity index is 1.45. The zero-order chi connectivity index (χ0) is 30.9. The number of ether oxygens (including phenoxy) is 2. The smallest absolute Gasteiger partial charge is 0.415 e. The molecule has 3 aromatic carbocycles. The van der Waals surface area contributed by atoms with Gasteiger partial charge in [0.25, 0.3) is 0 Å². The van der Waals surface area contributed by atoms with Crippen LogP contribution in [0.5, 0.6) is 5.75 Å². The van der Waals surface area contributed by atoms with E-state index in [2.05, 4.69) is 53.4 Å². The minimum absolute atomic E-state index is 0.179. The van der Waals surface area contributed by atoms with Crippen LogP contribution in [-0.4, -0.2) is 52.1 Å². The summed E-state index contributed by atoms with van der Waals surface area (Å²) in [5, 5.41) is 0.876. The fraction of sp³-hybridized carbons (Fsp3) is 0.371. The molecule has 44 heavy (non-hydrogen) atoms. The van der Waals surface area contributed by atoms with E-state index in [9.17, 15) is 4.79 Å². The number of alkyl halides is 3. The van der Waals surface area contributed by atoms with E-state index in [1.165, 1.54) is 11.1 Å². The SMILES string of the molecule is CCOc1cc(N(CC2CCC[C@@H]2N(CCc2ccccc2)Cc2ccccc2)C(=O)OCC(Cl)(Cl)Cl)nc2ccccc12. The van der Waals surface area contributed by atoms with Crippen LogP contribution in [0.2, 0.25) is 0 Å². The van der Waals surface area contributed by atoms with Gasteiger partial charge in [0, 0.05) is 37.1 Å². The maximum Gasteiger partial charge on any atom is 0.415 e. The molecule has 2 atom stereocenters. The molecule has 1 fully saturated rings. The zero-order valence-corrected chi connectivity index (χ0v) is 27.1. The van der Waals surface area contributed by atoms with Crippen LogP contribution in [0.3, 0.4) is 0 Å². The third-order valence-corrected chi connectivity index (χ3v) is 8.41. The standard InChI is InChI=1S/C35H38Cl3N3O3/c1-2-43-32-22-33(39-30-18-10-9-17-29(30)32)41(34(42)44-25-35(36,37)38)24-28-16-11-19-31(28)40(23-27-14-7-4-8-15-27)21-20-26-12-5-3-6-13-26/h3-10,12-15,17-18,22,28,31H,2,11,16,19-21,23-25H2,1H3/t28?,31-/m0/s1. The molecule has 0 spiro atoms. The Morgan fingerprint density at radius 2 is 1.61 bits per heavy atom.